The molecule has 25 heavy (non-hydrogen) atoms. The number of rotatable bonds is 7. The lowest BCUT2D eigenvalue weighted by Crippen LogP contribution is -2.47. The molecular weight excluding hydrogens is 438 g/mol. The minimum atomic E-state index is -3.67. The van der Waals surface area contributed by atoms with Gasteiger partial charge in [0.1, 0.15) is 4.21 Å². The average Bonchev–Trinajstić information content (AvgIpc) is 3.01. The first-order chi connectivity index (χ1) is 11.8. The smallest absolute Gasteiger partial charge is 0.255 e. The zero-order chi connectivity index (χ0) is 18.6. The molecule has 2 rings (SSSR count). The molecule has 0 N–H and O–H groups in total. The molecule has 1 aromatic rings. The van der Waals surface area contributed by atoms with Gasteiger partial charge in [-0.05, 0) is 47.3 Å². The maximum absolute atomic E-state index is 12.7. The van der Waals surface area contributed by atoms with E-state index < -0.39 is 28.9 Å². The van der Waals surface area contributed by atoms with Gasteiger partial charge in [-0.25, -0.2) is 17.2 Å². The first-order valence-electron chi connectivity index (χ1n) is 8.08. The van der Waals surface area contributed by atoms with Gasteiger partial charge in [-0.2, -0.15) is 4.31 Å². The fourth-order valence-electron chi connectivity index (χ4n) is 2.91. The number of hydrogen-bond donors (Lipinski definition) is 0. The predicted molar refractivity (Wildman–Crippen MR) is 96.4 cm³/mol. The number of amides is 1. The second kappa shape index (κ2) is 8.88. The lowest BCUT2D eigenvalue weighted by Gasteiger charge is -2.34. The Kier molecular flexibility index (Phi) is 7.36. The molecule has 1 saturated heterocycles. The fourth-order valence-corrected chi connectivity index (χ4v) is 6.60. The molecule has 142 valence electrons. The van der Waals surface area contributed by atoms with Gasteiger partial charge in [0.2, 0.25) is 5.91 Å². The van der Waals surface area contributed by atoms with Crippen LogP contribution in [-0.4, -0.2) is 56.1 Å². The van der Waals surface area contributed by atoms with Crippen molar-refractivity contribution < 1.29 is 22.0 Å². The largest absolute Gasteiger partial charge is 0.337 e. The topological polar surface area (TPSA) is 57.7 Å². The molecule has 1 aromatic heterocycles. The van der Waals surface area contributed by atoms with Crippen LogP contribution in [0, 0.1) is 5.92 Å². The molecule has 10 heteroatoms. The molecule has 0 radical (unpaired) electrons. The minimum absolute atomic E-state index is 0.0418. The summed E-state index contributed by atoms with van der Waals surface area (Å²) in [7, 11) is -3.67. The molecule has 0 saturated carbocycles. The van der Waals surface area contributed by atoms with Crippen LogP contribution in [-0.2, 0) is 14.8 Å². The van der Waals surface area contributed by atoms with Crippen molar-refractivity contribution in [2.45, 2.75) is 36.8 Å². The highest BCUT2D eigenvalue weighted by atomic mass is 79.9. The van der Waals surface area contributed by atoms with Crippen molar-refractivity contribution in [1.82, 2.24) is 9.21 Å². The van der Waals surface area contributed by atoms with Crippen LogP contribution in [0.5, 0.6) is 0 Å². The first kappa shape index (κ1) is 20.7. The van der Waals surface area contributed by atoms with Crippen molar-refractivity contribution in [2.24, 2.45) is 5.92 Å². The van der Waals surface area contributed by atoms with E-state index in [1.165, 1.54) is 10.4 Å². The van der Waals surface area contributed by atoms with Crippen LogP contribution in [0.15, 0.2) is 20.1 Å². The quantitative estimate of drug-likeness (QED) is 0.628. The minimum Gasteiger partial charge on any atom is -0.337 e. The number of alkyl halides is 2. The van der Waals surface area contributed by atoms with Crippen LogP contribution in [0.1, 0.15) is 26.2 Å². The van der Waals surface area contributed by atoms with Gasteiger partial charge in [-0.1, -0.05) is 6.92 Å². The van der Waals surface area contributed by atoms with Crippen LogP contribution < -0.4 is 0 Å². The molecule has 1 fully saturated rings. The van der Waals surface area contributed by atoms with Crippen molar-refractivity contribution in [3.63, 3.8) is 0 Å². The third-order valence-corrected chi connectivity index (χ3v) is 8.00. The van der Waals surface area contributed by atoms with Gasteiger partial charge < -0.3 is 4.90 Å². The zero-order valence-corrected chi connectivity index (χ0v) is 17.0. The van der Waals surface area contributed by atoms with Crippen molar-refractivity contribution >= 4 is 43.2 Å². The normalized spacial score (nSPS) is 19.3. The van der Waals surface area contributed by atoms with Gasteiger partial charge in [0.25, 0.3) is 16.4 Å². The van der Waals surface area contributed by atoms with Gasteiger partial charge in [-0.15, -0.1) is 11.3 Å². The Morgan fingerprint density at radius 1 is 1.48 bits per heavy atom. The van der Waals surface area contributed by atoms with Gasteiger partial charge in [0, 0.05) is 19.6 Å². The van der Waals surface area contributed by atoms with Crippen molar-refractivity contribution in [1.29, 1.82) is 0 Å². The summed E-state index contributed by atoms with van der Waals surface area (Å²) in [6, 6.07) is 3.19. The molecule has 0 aliphatic carbocycles. The van der Waals surface area contributed by atoms with Crippen LogP contribution >= 0.6 is 27.3 Å². The third kappa shape index (κ3) is 5.21. The Morgan fingerprint density at radius 2 is 2.20 bits per heavy atom. The molecule has 1 atom stereocenters. The van der Waals surface area contributed by atoms with Crippen LogP contribution in [0.25, 0.3) is 0 Å². The average molecular weight is 459 g/mol. The number of sulfonamides is 1. The van der Waals surface area contributed by atoms with Crippen molar-refractivity contribution in [2.75, 3.05) is 26.2 Å². The number of carbonyl (C=O) groups excluding carboxylic acids is 1. The van der Waals surface area contributed by atoms with Crippen molar-refractivity contribution in [3.05, 3.63) is 15.9 Å². The number of halogens is 3. The van der Waals surface area contributed by atoms with E-state index in [1.54, 1.807) is 6.07 Å². The maximum atomic E-state index is 12.7. The summed E-state index contributed by atoms with van der Waals surface area (Å²) in [6.45, 7) is 1.85. The Hall–Kier alpha value is -0.580. The summed E-state index contributed by atoms with van der Waals surface area (Å²) in [5.41, 5.74) is 0. The van der Waals surface area contributed by atoms with E-state index in [0.29, 0.717) is 29.6 Å². The lowest BCUT2D eigenvalue weighted by molar-refractivity contribution is -0.138. The highest BCUT2D eigenvalue weighted by Crippen LogP contribution is 2.31. The highest BCUT2D eigenvalue weighted by Gasteiger charge is 2.36. The molecule has 0 aromatic carbocycles. The summed E-state index contributed by atoms with van der Waals surface area (Å²) >= 11 is 4.36. The van der Waals surface area contributed by atoms with E-state index >= 15 is 0 Å². The zero-order valence-electron chi connectivity index (χ0n) is 13.8. The fraction of sp³-hybridized carbons (Fsp3) is 0.667. The molecule has 0 bridgehead atoms. The van der Waals surface area contributed by atoms with Gasteiger partial charge >= 0.3 is 0 Å². The van der Waals surface area contributed by atoms with Crippen LogP contribution in [0.2, 0.25) is 0 Å². The first-order valence-corrected chi connectivity index (χ1v) is 11.1. The van der Waals surface area contributed by atoms with Gasteiger partial charge in [0.15, 0.2) is 0 Å². The molecule has 0 spiro atoms. The summed E-state index contributed by atoms with van der Waals surface area (Å²) in [4.78, 5) is 13.8. The number of hydrogen-bond acceptors (Lipinski definition) is 4. The second-order valence-corrected chi connectivity index (χ2v) is 10.6. The summed E-state index contributed by atoms with van der Waals surface area (Å²) < 4.78 is 53.1. The van der Waals surface area contributed by atoms with Crippen molar-refractivity contribution in [3.8, 4) is 0 Å². The van der Waals surface area contributed by atoms with E-state index in [9.17, 15) is 22.0 Å². The number of piperidine rings is 1. The molecule has 1 amide bonds. The summed E-state index contributed by atoms with van der Waals surface area (Å²) in [5.74, 6) is -0.952. The van der Waals surface area contributed by atoms with Gasteiger partial charge in [0.05, 0.1) is 16.2 Å². The van der Waals surface area contributed by atoms with Crippen LogP contribution in [0.3, 0.4) is 0 Å². The second-order valence-electron chi connectivity index (χ2n) is 5.94. The molecule has 1 aliphatic heterocycles. The molecular formula is C15H21BrF2N2O3S2. The molecule has 2 heterocycles. The van der Waals surface area contributed by atoms with E-state index in [2.05, 4.69) is 15.9 Å². The number of thiophene rings is 1. The van der Waals surface area contributed by atoms with E-state index in [1.807, 2.05) is 6.92 Å². The predicted octanol–water partition coefficient (Wildman–Crippen LogP) is 3.42. The Morgan fingerprint density at radius 3 is 2.76 bits per heavy atom. The number of carbonyl (C=O) groups is 1. The Bertz CT molecular complexity index is 697. The SMILES string of the molecule is CCCN(CC(F)F)C(=O)C1CCCN(S(=O)(=O)c2ccc(Br)s2)C1. The standard InChI is InChI=1S/C15H21BrF2N2O3S2/c1-2-7-19(10-13(17)18)15(21)11-4-3-8-20(9-11)25(22,23)14-6-5-12(16)24-14/h5-6,11,13H,2-4,7-10H2,1H3. The molecule has 1 aliphatic rings. The lowest BCUT2D eigenvalue weighted by atomic mass is 9.98. The van der Waals surface area contributed by atoms with Gasteiger partial charge in [-0.3, -0.25) is 4.79 Å². The molecule has 1 unspecified atom stereocenters. The van der Waals surface area contributed by atoms with E-state index in [-0.39, 0.29) is 23.2 Å². The third-order valence-electron chi connectivity index (χ3n) is 4.04. The maximum Gasteiger partial charge on any atom is 0.255 e. The Balaban J connectivity index is 2.12. The van der Waals surface area contributed by atoms with E-state index in [0.717, 1.165) is 16.2 Å². The highest BCUT2D eigenvalue weighted by molar-refractivity contribution is 9.11. The monoisotopic (exact) mass is 458 g/mol. The summed E-state index contributed by atoms with van der Waals surface area (Å²) in [5, 5.41) is 0. The molecule has 5 nitrogen and oxygen atoms in total. The van der Waals surface area contributed by atoms with Crippen LogP contribution in [0.4, 0.5) is 8.78 Å². The van der Waals surface area contributed by atoms with E-state index in [4.69, 9.17) is 0 Å². The summed E-state index contributed by atoms with van der Waals surface area (Å²) in [6.07, 6.45) is -0.960. The number of nitrogens with zero attached hydrogens (tertiary/aromatic N) is 2. The Labute approximate surface area is 159 Å².